The molecule has 23 heavy (non-hydrogen) atoms. The summed E-state index contributed by atoms with van der Waals surface area (Å²) in [7, 11) is 1.39. The molecule has 0 bridgehead atoms. The largest absolute Gasteiger partial charge is 0.497 e. The highest BCUT2D eigenvalue weighted by atomic mass is 79.9. The van der Waals surface area contributed by atoms with Crippen molar-refractivity contribution in [1.82, 2.24) is 0 Å². The zero-order valence-electron chi connectivity index (χ0n) is 11.6. The van der Waals surface area contributed by atoms with Crippen molar-refractivity contribution in [2.24, 2.45) is 0 Å². The number of ether oxygens (including phenoxy) is 2. The Hall–Kier alpha value is -1.38. The minimum Gasteiger partial charge on any atom is -0.497 e. The first-order valence-corrected chi connectivity index (χ1v) is 8.02. The van der Waals surface area contributed by atoms with Crippen molar-refractivity contribution in [1.29, 1.82) is 0 Å². The number of aliphatic hydroxyl groups excluding tert-OH is 1. The third-order valence-electron chi connectivity index (χ3n) is 3.25. The normalized spacial score (nSPS) is 18.6. The minimum absolute atomic E-state index is 0.0564. The number of halogens is 4. The van der Waals surface area contributed by atoms with Crippen LogP contribution in [0.2, 0.25) is 0 Å². The van der Waals surface area contributed by atoms with Gasteiger partial charge in [0.1, 0.15) is 23.1 Å². The van der Waals surface area contributed by atoms with Gasteiger partial charge in [-0.15, -0.1) is 0 Å². The van der Waals surface area contributed by atoms with Gasteiger partial charge in [0, 0.05) is 28.7 Å². The SMILES string of the molecule is COc1cc(F)cc(Oc2ccc3c(c2Br)C(O)C(F)(F)S3)c1. The summed E-state index contributed by atoms with van der Waals surface area (Å²) in [5.74, 6) is 0.0429. The van der Waals surface area contributed by atoms with Gasteiger partial charge in [-0.1, -0.05) is 0 Å². The lowest BCUT2D eigenvalue weighted by atomic mass is 10.1. The molecule has 0 amide bonds. The van der Waals surface area contributed by atoms with Gasteiger partial charge in [0.25, 0.3) is 0 Å². The Morgan fingerprint density at radius 3 is 2.61 bits per heavy atom. The lowest BCUT2D eigenvalue weighted by Crippen LogP contribution is -2.16. The Morgan fingerprint density at radius 1 is 1.22 bits per heavy atom. The molecule has 0 aromatic heterocycles. The molecule has 1 aliphatic rings. The lowest BCUT2D eigenvalue weighted by Gasteiger charge is -2.15. The molecule has 0 saturated heterocycles. The van der Waals surface area contributed by atoms with Gasteiger partial charge in [0.15, 0.2) is 6.10 Å². The van der Waals surface area contributed by atoms with Gasteiger partial charge in [-0.05, 0) is 39.8 Å². The molecule has 1 atom stereocenters. The van der Waals surface area contributed by atoms with Crippen LogP contribution in [0.15, 0.2) is 39.7 Å². The maximum atomic E-state index is 13.6. The Bertz CT molecular complexity index is 770. The first-order chi connectivity index (χ1) is 10.8. The smallest absolute Gasteiger partial charge is 0.327 e. The van der Waals surface area contributed by atoms with E-state index in [1.165, 1.54) is 31.4 Å². The van der Waals surface area contributed by atoms with E-state index in [2.05, 4.69) is 15.9 Å². The second-order valence-electron chi connectivity index (χ2n) is 4.78. The molecule has 3 rings (SSSR count). The number of thioether (sulfide) groups is 1. The highest BCUT2D eigenvalue weighted by Gasteiger charge is 2.49. The Labute approximate surface area is 142 Å². The van der Waals surface area contributed by atoms with Gasteiger partial charge in [0.2, 0.25) is 0 Å². The summed E-state index contributed by atoms with van der Waals surface area (Å²) in [5, 5.41) is 6.47. The van der Waals surface area contributed by atoms with Crippen molar-refractivity contribution in [2.75, 3.05) is 7.11 Å². The summed E-state index contributed by atoms with van der Waals surface area (Å²) in [6.45, 7) is 0. The number of hydrogen-bond donors (Lipinski definition) is 1. The van der Waals surface area contributed by atoms with Crippen LogP contribution in [0.4, 0.5) is 13.2 Å². The van der Waals surface area contributed by atoms with E-state index < -0.39 is 17.2 Å². The first kappa shape index (κ1) is 16.5. The molecule has 0 saturated carbocycles. The van der Waals surface area contributed by atoms with Gasteiger partial charge in [-0.3, -0.25) is 0 Å². The summed E-state index contributed by atoms with van der Waals surface area (Å²) in [6, 6.07) is 6.69. The molecule has 1 heterocycles. The zero-order valence-corrected chi connectivity index (χ0v) is 14.1. The molecule has 3 nitrogen and oxygen atoms in total. The average Bonchev–Trinajstić information content (AvgIpc) is 2.72. The van der Waals surface area contributed by atoms with Crippen LogP contribution >= 0.6 is 27.7 Å². The molecule has 1 unspecified atom stereocenters. The van der Waals surface area contributed by atoms with E-state index >= 15 is 0 Å². The number of alkyl halides is 2. The van der Waals surface area contributed by atoms with Crippen LogP contribution in [-0.2, 0) is 0 Å². The van der Waals surface area contributed by atoms with Crippen LogP contribution in [0.5, 0.6) is 17.2 Å². The standard InChI is InChI=1S/C15H10BrF3O3S/c1-21-8-4-7(17)5-9(6-8)22-10-2-3-11-12(13(10)16)14(20)15(18,19)23-11/h2-6,14,20H,1H3. The average molecular weight is 407 g/mol. The predicted molar refractivity (Wildman–Crippen MR) is 82.9 cm³/mol. The maximum Gasteiger partial charge on any atom is 0.327 e. The predicted octanol–water partition coefficient (Wildman–Crippen LogP) is 5.12. The minimum atomic E-state index is -3.30. The second kappa shape index (κ2) is 5.92. The Balaban J connectivity index is 1.98. The molecule has 0 fully saturated rings. The van der Waals surface area contributed by atoms with Crippen molar-refractivity contribution >= 4 is 27.7 Å². The van der Waals surface area contributed by atoms with Crippen LogP contribution in [0.25, 0.3) is 0 Å². The zero-order chi connectivity index (χ0) is 16.8. The lowest BCUT2D eigenvalue weighted by molar-refractivity contribution is -0.0314. The fraction of sp³-hybridized carbons (Fsp3) is 0.200. The molecule has 122 valence electrons. The number of hydrogen-bond acceptors (Lipinski definition) is 4. The van der Waals surface area contributed by atoms with E-state index in [1.807, 2.05) is 0 Å². The molecule has 2 aromatic carbocycles. The number of fused-ring (bicyclic) bond motifs is 1. The fourth-order valence-corrected chi connectivity index (χ4v) is 3.95. The van der Waals surface area contributed by atoms with Crippen LogP contribution in [0.1, 0.15) is 11.7 Å². The van der Waals surface area contributed by atoms with Crippen LogP contribution in [0, 0.1) is 5.82 Å². The van der Waals surface area contributed by atoms with Crippen molar-refractivity contribution in [3.63, 3.8) is 0 Å². The van der Waals surface area contributed by atoms with E-state index in [9.17, 15) is 18.3 Å². The van der Waals surface area contributed by atoms with Crippen LogP contribution < -0.4 is 9.47 Å². The third-order valence-corrected chi connectivity index (χ3v) is 5.14. The number of rotatable bonds is 3. The molecule has 8 heteroatoms. The summed E-state index contributed by atoms with van der Waals surface area (Å²) >= 11 is 3.47. The highest BCUT2D eigenvalue weighted by molar-refractivity contribution is 9.10. The van der Waals surface area contributed by atoms with E-state index in [0.29, 0.717) is 11.8 Å². The topological polar surface area (TPSA) is 38.7 Å². The van der Waals surface area contributed by atoms with Gasteiger partial charge in [-0.2, -0.15) is 8.78 Å². The van der Waals surface area contributed by atoms with Gasteiger partial charge >= 0.3 is 5.25 Å². The molecule has 0 radical (unpaired) electrons. The Morgan fingerprint density at radius 2 is 1.91 bits per heavy atom. The van der Waals surface area contributed by atoms with E-state index in [1.54, 1.807) is 0 Å². The maximum absolute atomic E-state index is 13.6. The molecular weight excluding hydrogens is 397 g/mol. The van der Waals surface area contributed by atoms with Gasteiger partial charge in [0.05, 0.1) is 11.6 Å². The summed E-state index contributed by atoms with van der Waals surface area (Å²) in [5.41, 5.74) is 0.0564. The molecule has 0 spiro atoms. The number of benzene rings is 2. The first-order valence-electron chi connectivity index (χ1n) is 6.41. The van der Waals surface area contributed by atoms with E-state index in [4.69, 9.17) is 9.47 Å². The van der Waals surface area contributed by atoms with Crippen molar-refractivity contribution < 1.29 is 27.8 Å². The highest BCUT2D eigenvalue weighted by Crippen LogP contribution is 2.57. The fourth-order valence-electron chi connectivity index (χ4n) is 2.19. The third kappa shape index (κ3) is 3.02. The molecule has 2 aromatic rings. The molecule has 1 aliphatic heterocycles. The van der Waals surface area contributed by atoms with Gasteiger partial charge < -0.3 is 14.6 Å². The number of aliphatic hydroxyl groups is 1. The molecule has 0 aliphatic carbocycles. The van der Waals surface area contributed by atoms with E-state index in [-0.39, 0.29) is 32.2 Å². The van der Waals surface area contributed by atoms with E-state index in [0.717, 1.165) is 6.07 Å². The number of methoxy groups -OCH3 is 1. The summed E-state index contributed by atoms with van der Waals surface area (Å²) < 4.78 is 51.4. The van der Waals surface area contributed by atoms with Crippen molar-refractivity contribution in [3.8, 4) is 17.2 Å². The Kier molecular flexibility index (Phi) is 4.24. The molecular formula is C15H10BrF3O3S. The monoisotopic (exact) mass is 406 g/mol. The second-order valence-corrected chi connectivity index (χ2v) is 6.77. The molecule has 1 N–H and O–H groups in total. The van der Waals surface area contributed by atoms with Crippen LogP contribution in [0.3, 0.4) is 0 Å². The van der Waals surface area contributed by atoms with Crippen LogP contribution in [-0.4, -0.2) is 17.5 Å². The summed E-state index contributed by atoms with van der Waals surface area (Å²) in [4.78, 5) is 0.263. The summed E-state index contributed by atoms with van der Waals surface area (Å²) in [6.07, 6.45) is -1.94. The quantitative estimate of drug-likeness (QED) is 0.767. The van der Waals surface area contributed by atoms with Crippen molar-refractivity contribution in [2.45, 2.75) is 16.3 Å². The van der Waals surface area contributed by atoms with Crippen molar-refractivity contribution in [3.05, 3.63) is 46.2 Å². The van der Waals surface area contributed by atoms with Gasteiger partial charge in [-0.25, -0.2) is 4.39 Å².